The Morgan fingerprint density at radius 1 is 1.25 bits per heavy atom. The highest BCUT2D eigenvalue weighted by molar-refractivity contribution is 6.03. The molecule has 0 bridgehead atoms. The number of anilines is 1. The first kappa shape index (κ1) is 14.0. The standard InChI is InChI=1S/C15H16N2O3/c1-9(2)14(18)17-13-12-5-4-11(15(19)20-3)8-10(12)6-7-16-13/h4-9H,1-3H3,(H,16,17,18). The van der Waals surface area contributed by atoms with Gasteiger partial charge in [-0.15, -0.1) is 0 Å². The molecule has 0 unspecified atom stereocenters. The molecule has 5 heteroatoms. The number of amides is 1. The van der Waals surface area contributed by atoms with E-state index < -0.39 is 5.97 Å². The number of esters is 1. The van der Waals surface area contributed by atoms with Gasteiger partial charge < -0.3 is 10.1 Å². The Morgan fingerprint density at radius 2 is 2.00 bits per heavy atom. The number of hydrogen-bond acceptors (Lipinski definition) is 4. The molecule has 0 saturated carbocycles. The third-order valence-electron chi connectivity index (χ3n) is 2.95. The lowest BCUT2D eigenvalue weighted by Gasteiger charge is -2.10. The highest BCUT2D eigenvalue weighted by atomic mass is 16.5. The van der Waals surface area contributed by atoms with Gasteiger partial charge in [-0.25, -0.2) is 9.78 Å². The van der Waals surface area contributed by atoms with E-state index in [1.165, 1.54) is 7.11 Å². The summed E-state index contributed by atoms with van der Waals surface area (Å²) in [5.41, 5.74) is 0.465. The second-order valence-corrected chi connectivity index (χ2v) is 4.73. The topological polar surface area (TPSA) is 68.3 Å². The number of hydrogen-bond donors (Lipinski definition) is 1. The van der Waals surface area contributed by atoms with E-state index in [-0.39, 0.29) is 11.8 Å². The van der Waals surface area contributed by atoms with Crippen LogP contribution in [-0.2, 0) is 9.53 Å². The predicted octanol–water partition coefficient (Wildman–Crippen LogP) is 2.62. The molecule has 0 aliphatic heterocycles. The van der Waals surface area contributed by atoms with E-state index in [0.717, 1.165) is 10.8 Å². The minimum absolute atomic E-state index is 0.0953. The minimum atomic E-state index is -0.392. The van der Waals surface area contributed by atoms with Gasteiger partial charge in [0.05, 0.1) is 12.7 Å². The summed E-state index contributed by atoms with van der Waals surface area (Å²) in [4.78, 5) is 27.4. The third kappa shape index (κ3) is 2.77. The number of rotatable bonds is 3. The molecule has 2 rings (SSSR count). The number of aromatic nitrogens is 1. The maximum atomic E-state index is 11.8. The van der Waals surface area contributed by atoms with Crippen molar-refractivity contribution >= 4 is 28.5 Å². The molecule has 0 radical (unpaired) electrons. The number of carbonyl (C=O) groups excluding carboxylic acids is 2. The largest absolute Gasteiger partial charge is 0.465 e. The van der Waals surface area contributed by atoms with Gasteiger partial charge in [0.2, 0.25) is 5.91 Å². The van der Waals surface area contributed by atoms with Gasteiger partial charge in [0.15, 0.2) is 0 Å². The molecule has 20 heavy (non-hydrogen) atoms. The van der Waals surface area contributed by atoms with Crippen LogP contribution in [0.1, 0.15) is 24.2 Å². The van der Waals surface area contributed by atoms with Crippen LogP contribution in [0, 0.1) is 5.92 Å². The molecule has 2 aromatic rings. The van der Waals surface area contributed by atoms with Crippen LogP contribution in [0.2, 0.25) is 0 Å². The molecule has 0 fully saturated rings. The van der Waals surface area contributed by atoms with E-state index in [4.69, 9.17) is 0 Å². The first-order valence-electron chi connectivity index (χ1n) is 6.31. The molecule has 104 valence electrons. The summed E-state index contributed by atoms with van der Waals surface area (Å²) in [5, 5.41) is 4.39. The lowest BCUT2D eigenvalue weighted by atomic mass is 10.1. The molecule has 1 amide bonds. The van der Waals surface area contributed by atoms with Crippen molar-refractivity contribution in [2.24, 2.45) is 5.92 Å². The number of fused-ring (bicyclic) bond motifs is 1. The van der Waals surface area contributed by atoms with Crippen molar-refractivity contribution in [3.8, 4) is 0 Å². The maximum Gasteiger partial charge on any atom is 0.337 e. The van der Waals surface area contributed by atoms with Crippen LogP contribution < -0.4 is 5.32 Å². The van der Waals surface area contributed by atoms with Gasteiger partial charge in [-0.3, -0.25) is 4.79 Å². The lowest BCUT2D eigenvalue weighted by molar-refractivity contribution is -0.118. The van der Waals surface area contributed by atoms with Crippen molar-refractivity contribution in [3.63, 3.8) is 0 Å². The summed E-state index contributed by atoms with van der Waals surface area (Å²) in [5.74, 6) is -0.113. The first-order valence-corrected chi connectivity index (χ1v) is 6.31. The van der Waals surface area contributed by atoms with Crippen molar-refractivity contribution in [3.05, 3.63) is 36.0 Å². The molecule has 5 nitrogen and oxygen atoms in total. The molecule has 1 heterocycles. The number of pyridine rings is 1. The van der Waals surface area contributed by atoms with Gasteiger partial charge >= 0.3 is 5.97 Å². The summed E-state index contributed by atoms with van der Waals surface area (Å²) in [6, 6.07) is 6.91. The van der Waals surface area contributed by atoms with Crippen LogP contribution in [0.25, 0.3) is 10.8 Å². The molecule has 1 N–H and O–H groups in total. The number of carbonyl (C=O) groups is 2. The second kappa shape index (κ2) is 5.69. The van der Waals surface area contributed by atoms with Crippen molar-refractivity contribution in [2.75, 3.05) is 12.4 Å². The van der Waals surface area contributed by atoms with Crippen LogP contribution in [-0.4, -0.2) is 24.0 Å². The van der Waals surface area contributed by atoms with Gasteiger partial charge in [-0.1, -0.05) is 13.8 Å². The zero-order valence-corrected chi connectivity index (χ0v) is 11.6. The Balaban J connectivity index is 2.43. The van der Waals surface area contributed by atoms with Crippen molar-refractivity contribution in [1.29, 1.82) is 0 Å². The molecule has 1 aromatic carbocycles. The first-order chi connectivity index (χ1) is 9.52. The molecule has 0 saturated heterocycles. The Bertz CT molecular complexity index is 665. The molecule has 0 aliphatic rings. The van der Waals surface area contributed by atoms with Crippen molar-refractivity contribution < 1.29 is 14.3 Å². The summed E-state index contributed by atoms with van der Waals surface area (Å²) >= 11 is 0. The Hall–Kier alpha value is -2.43. The van der Waals surface area contributed by atoms with E-state index in [9.17, 15) is 9.59 Å². The number of nitrogens with zero attached hydrogens (tertiary/aromatic N) is 1. The summed E-state index contributed by atoms with van der Waals surface area (Å²) < 4.78 is 4.69. The van der Waals surface area contributed by atoms with Gasteiger partial charge in [0.1, 0.15) is 5.82 Å². The Kier molecular flexibility index (Phi) is 3.98. The van der Waals surface area contributed by atoms with E-state index in [0.29, 0.717) is 11.4 Å². The minimum Gasteiger partial charge on any atom is -0.465 e. The fraction of sp³-hybridized carbons (Fsp3) is 0.267. The Labute approximate surface area is 117 Å². The van der Waals surface area contributed by atoms with Gasteiger partial charge in [-0.05, 0) is 29.7 Å². The quantitative estimate of drug-likeness (QED) is 0.872. The van der Waals surface area contributed by atoms with Gasteiger partial charge in [0, 0.05) is 17.5 Å². The van der Waals surface area contributed by atoms with E-state index in [2.05, 4.69) is 15.0 Å². The normalized spacial score (nSPS) is 10.6. The summed E-state index contributed by atoms with van der Waals surface area (Å²) in [6.45, 7) is 3.63. The number of methoxy groups -OCH3 is 1. The van der Waals surface area contributed by atoms with E-state index >= 15 is 0 Å². The van der Waals surface area contributed by atoms with Crippen LogP contribution in [0.3, 0.4) is 0 Å². The van der Waals surface area contributed by atoms with E-state index in [1.54, 1.807) is 30.5 Å². The third-order valence-corrected chi connectivity index (χ3v) is 2.95. The summed E-state index contributed by atoms with van der Waals surface area (Å²) in [6.07, 6.45) is 1.60. The van der Waals surface area contributed by atoms with Crippen LogP contribution in [0.5, 0.6) is 0 Å². The zero-order chi connectivity index (χ0) is 14.7. The van der Waals surface area contributed by atoms with Gasteiger partial charge in [0.25, 0.3) is 0 Å². The molecule has 0 spiro atoms. The highest BCUT2D eigenvalue weighted by Crippen LogP contribution is 2.23. The van der Waals surface area contributed by atoms with E-state index in [1.807, 2.05) is 13.8 Å². The van der Waals surface area contributed by atoms with Crippen LogP contribution in [0.15, 0.2) is 30.5 Å². The SMILES string of the molecule is COC(=O)c1ccc2c(NC(=O)C(C)C)nccc2c1. The number of nitrogens with one attached hydrogen (secondary N) is 1. The van der Waals surface area contributed by atoms with Crippen LogP contribution >= 0.6 is 0 Å². The molecule has 1 aromatic heterocycles. The predicted molar refractivity (Wildman–Crippen MR) is 76.6 cm³/mol. The lowest BCUT2D eigenvalue weighted by Crippen LogP contribution is -2.18. The monoisotopic (exact) mass is 272 g/mol. The molecular formula is C15H16N2O3. The fourth-order valence-corrected chi connectivity index (χ4v) is 1.78. The smallest absolute Gasteiger partial charge is 0.337 e. The average molecular weight is 272 g/mol. The average Bonchev–Trinajstić information content (AvgIpc) is 2.46. The maximum absolute atomic E-state index is 11.8. The zero-order valence-electron chi connectivity index (χ0n) is 11.6. The number of benzene rings is 1. The summed E-state index contributed by atoms with van der Waals surface area (Å²) in [7, 11) is 1.34. The Morgan fingerprint density at radius 3 is 2.65 bits per heavy atom. The molecule has 0 aliphatic carbocycles. The van der Waals surface area contributed by atoms with Crippen LogP contribution in [0.4, 0.5) is 5.82 Å². The second-order valence-electron chi connectivity index (χ2n) is 4.73. The fourth-order valence-electron chi connectivity index (χ4n) is 1.78. The van der Waals surface area contributed by atoms with Crippen molar-refractivity contribution in [2.45, 2.75) is 13.8 Å². The molecular weight excluding hydrogens is 256 g/mol. The highest BCUT2D eigenvalue weighted by Gasteiger charge is 2.12. The molecule has 0 atom stereocenters. The van der Waals surface area contributed by atoms with Gasteiger partial charge in [-0.2, -0.15) is 0 Å². The number of ether oxygens (including phenoxy) is 1. The van der Waals surface area contributed by atoms with Crippen molar-refractivity contribution in [1.82, 2.24) is 4.98 Å².